The lowest BCUT2D eigenvalue weighted by molar-refractivity contribution is 0.284. The Kier molecular flexibility index (Phi) is 6.19. The van der Waals surface area contributed by atoms with Crippen molar-refractivity contribution in [2.45, 2.75) is 20.0 Å². The van der Waals surface area contributed by atoms with Crippen LogP contribution >= 0.6 is 12.2 Å². The Morgan fingerprint density at radius 2 is 2.11 bits per heavy atom. The monoisotopic (exact) mass is 393 g/mol. The maximum atomic E-state index is 9.19. The highest BCUT2D eigenvalue weighted by atomic mass is 32.1. The molecule has 1 N–H and O–H groups in total. The highest BCUT2D eigenvalue weighted by molar-refractivity contribution is 7.71. The molecule has 0 aliphatic heterocycles. The van der Waals surface area contributed by atoms with Gasteiger partial charge in [0, 0.05) is 12.0 Å². The molecule has 28 heavy (non-hydrogen) atoms. The summed E-state index contributed by atoms with van der Waals surface area (Å²) in [5, 5.41) is 20.4. The standard InChI is InChI=1S/C20H19N5O2S/c1-3-19-23-24-20(28)25(19)22-12-14-8-9-17(18(10-14)26-2)27-13-16-7-5-4-6-15(16)11-21/h4-10,12H,3,13H2,1-2H3,(H,24,28)/b22-12-. The molecule has 0 unspecified atom stereocenters. The maximum absolute atomic E-state index is 9.19. The summed E-state index contributed by atoms with van der Waals surface area (Å²) >= 11 is 5.19. The van der Waals surface area contributed by atoms with Gasteiger partial charge < -0.3 is 9.47 Å². The van der Waals surface area contributed by atoms with Gasteiger partial charge in [0.1, 0.15) is 6.61 Å². The van der Waals surface area contributed by atoms with Crippen LogP contribution in [-0.4, -0.2) is 28.2 Å². The number of nitrogens with one attached hydrogen (secondary N) is 1. The number of aromatic nitrogens is 3. The van der Waals surface area contributed by atoms with Crippen molar-refractivity contribution in [1.82, 2.24) is 14.9 Å². The van der Waals surface area contributed by atoms with Gasteiger partial charge >= 0.3 is 0 Å². The third-order valence-electron chi connectivity index (χ3n) is 4.06. The zero-order valence-electron chi connectivity index (χ0n) is 15.5. The lowest BCUT2D eigenvalue weighted by atomic mass is 10.1. The fourth-order valence-corrected chi connectivity index (χ4v) is 2.79. The van der Waals surface area contributed by atoms with Crippen molar-refractivity contribution >= 4 is 18.4 Å². The van der Waals surface area contributed by atoms with Crippen molar-refractivity contribution in [3.05, 3.63) is 69.8 Å². The predicted molar refractivity (Wildman–Crippen MR) is 108 cm³/mol. The molecular formula is C20H19N5O2S. The first-order valence-electron chi connectivity index (χ1n) is 8.65. The number of nitriles is 1. The molecule has 0 bridgehead atoms. The summed E-state index contributed by atoms with van der Waals surface area (Å²) < 4.78 is 13.3. The molecule has 1 aromatic heterocycles. The molecule has 8 heteroatoms. The highest BCUT2D eigenvalue weighted by Crippen LogP contribution is 2.28. The molecule has 142 valence electrons. The van der Waals surface area contributed by atoms with Crippen molar-refractivity contribution in [3.8, 4) is 17.6 Å². The molecule has 0 saturated heterocycles. The van der Waals surface area contributed by atoms with E-state index in [4.69, 9.17) is 21.7 Å². The van der Waals surface area contributed by atoms with Gasteiger partial charge in [-0.3, -0.25) is 5.10 Å². The molecular weight excluding hydrogens is 374 g/mol. The minimum Gasteiger partial charge on any atom is -0.493 e. The number of hydrogen-bond donors (Lipinski definition) is 1. The average molecular weight is 393 g/mol. The number of hydrogen-bond acceptors (Lipinski definition) is 6. The van der Waals surface area contributed by atoms with E-state index in [9.17, 15) is 5.26 Å². The second-order valence-electron chi connectivity index (χ2n) is 5.82. The van der Waals surface area contributed by atoms with E-state index in [0.717, 1.165) is 17.0 Å². The number of ether oxygens (including phenoxy) is 2. The van der Waals surface area contributed by atoms with E-state index in [-0.39, 0.29) is 6.61 Å². The summed E-state index contributed by atoms with van der Waals surface area (Å²) in [5.41, 5.74) is 2.24. The summed E-state index contributed by atoms with van der Waals surface area (Å²) in [6.07, 6.45) is 2.40. The van der Waals surface area contributed by atoms with Gasteiger partial charge in [0.25, 0.3) is 0 Å². The normalized spacial score (nSPS) is 10.8. The summed E-state index contributed by atoms with van der Waals surface area (Å²) in [5.74, 6) is 1.91. The molecule has 0 amide bonds. The Hall–Kier alpha value is -3.44. The van der Waals surface area contributed by atoms with Gasteiger partial charge in [0.15, 0.2) is 17.3 Å². The van der Waals surface area contributed by atoms with Crippen LogP contribution < -0.4 is 9.47 Å². The number of nitrogens with zero attached hydrogens (tertiary/aromatic N) is 4. The third kappa shape index (κ3) is 4.27. The molecule has 1 heterocycles. The van der Waals surface area contributed by atoms with Crippen LogP contribution in [-0.2, 0) is 13.0 Å². The van der Waals surface area contributed by atoms with Crippen LogP contribution in [0.5, 0.6) is 11.5 Å². The van der Waals surface area contributed by atoms with Gasteiger partial charge in [-0.05, 0) is 42.0 Å². The topological polar surface area (TPSA) is 88.2 Å². The second kappa shape index (κ2) is 8.97. The van der Waals surface area contributed by atoms with Gasteiger partial charge in [-0.25, -0.2) is 0 Å². The summed E-state index contributed by atoms with van der Waals surface area (Å²) in [4.78, 5) is 0. The first-order valence-corrected chi connectivity index (χ1v) is 9.06. The molecule has 0 saturated carbocycles. The number of rotatable bonds is 7. The van der Waals surface area contributed by atoms with Crippen LogP contribution in [0.3, 0.4) is 0 Å². The van der Waals surface area contributed by atoms with Gasteiger partial charge in [-0.15, -0.1) is 0 Å². The molecule has 2 aromatic carbocycles. The fraction of sp³-hybridized carbons (Fsp3) is 0.200. The number of aromatic amines is 1. The molecule has 0 aliphatic rings. The lowest BCUT2D eigenvalue weighted by Gasteiger charge is -2.12. The fourth-order valence-electron chi connectivity index (χ4n) is 2.59. The molecule has 0 aliphatic carbocycles. The minimum atomic E-state index is 0.275. The summed E-state index contributed by atoms with van der Waals surface area (Å²) in [6.45, 7) is 2.26. The number of H-pyrrole nitrogens is 1. The van der Waals surface area contributed by atoms with Crippen LogP contribution in [0, 0.1) is 16.1 Å². The Morgan fingerprint density at radius 3 is 2.86 bits per heavy atom. The number of methoxy groups -OCH3 is 1. The van der Waals surface area contributed by atoms with Crippen LogP contribution in [0.2, 0.25) is 0 Å². The van der Waals surface area contributed by atoms with E-state index < -0.39 is 0 Å². The van der Waals surface area contributed by atoms with Crippen molar-refractivity contribution in [2.24, 2.45) is 5.10 Å². The van der Waals surface area contributed by atoms with E-state index in [0.29, 0.717) is 28.3 Å². The van der Waals surface area contributed by atoms with Crippen LogP contribution in [0.15, 0.2) is 47.6 Å². The van der Waals surface area contributed by atoms with E-state index in [2.05, 4.69) is 21.4 Å². The first kappa shape index (κ1) is 19.3. The van der Waals surface area contributed by atoms with Gasteiger partial charge in [-0.1, -0.05) is 25.1 Å². The van der Waals surface area contributed by atoms with Crippen LogP contribution in [0.1, 0.15) is 29.4 Å². The zero-order valence-corrected chi connectivity index (χ0v) is 16.4. The average Bonchev–Trinajstić information content (AvgIpc) is 3.10. The Bertz CT molecular complexity index is 1090. The minimum absolute atomic E-state index is 0.275. The predicted octanol–water partition coefficient (Wildman–Crippen LogP) is 3.84. The molecule has 0 spiro atoms. The number of benzene rings is 2. The Balaban J connectivity index is 1.79. The van der Waals surface area contributed by atoms with E-state index in [1.165, 1.54) is 0 Å². The third-order valence-corrected chi connectivity index (χ3v) is 4.33. The Labute approximate surface area is 167 Å². The van der Waals surface area contributed by atoms with Crippen molar-refractivity contribution < 1.29 is 9.47 Å². The highest BCUT2D eigenvalue weighted by Gasteiger charge is 2.08. The van der Waals surface area contributed by atoms with Crippen molar-refractivity contribution in [2.75, 3.05) is 7.11 Å². The van der Waals surface area contributed by atoms with E-state index >= 15 is 0 Å². The lowest BCUT2D eigenvalue weighted by Crippen LogP contribution is -2.01. The summed E-state index contributed by atoms with van der Waals surface area (Å²) in [7, 11) is 1.58. The molecule has 0 radical (unpaired) electrons. The molecule has 7 nitrogen and oxygen atoms in total. The molecule has 3 aromatic rings. The largest absolute Gasteiger partial charge is 0.493 e. The zero-order chi connectivity index (χ0) is 19.9. The number of aryl methyl sites for hydroxylation is 1. The Morgan fingerprint density at radius 1 is 1.29 bits per heavy atom. The van der Waals surface area contributed by atoms with Crippen LogP contribution in [0.25, 0.3) is 0 Å². The summed E-state index contributed by atoms with van der Waals surface area (Å²) in [6, 6.07) is 15.0. The van der Waals surface area contributed by atoms with Crippen LogP contribution in [0.4, 0.5) is 0 Å². The molecule has 0 fully saturated rings. The first-order chi connectivity index (χ1) is 13.7. The van der Waals surface area contributed by atoms with Gasteiger partial charge in [0.05, 0.1) is 25.0 Å². The maximum Gasteiger partial charge on any atom is 0.216 e. The van der Waals surface area contributed by atoms with Crippen molar-refractivity contribution in [3.63, 3.8) is 0 Å². The van der Waals surface area contributed by atoms with E-state index in [1.54, 1.807) is 24.1 Å². The molecule has 3 rings (SSSR count). The van der Waals surface area contributed by atoms with Crippen molar-refractivity contribution in [1.29, 1.82) is 5.26 Å². The molecule has 0 atom stereocenters. The van der Waals surface area contributed by atoms with Gasteiger partial charge in [-0.2, -0.15) is 20.1 Å². The SMILES string of the molecule is CCc1n[nH]c(=S)n1/N=C\c1ccc(OCc2ccccc2C#N)c(OC)c1. The van der Waals surface area contributed by atoms with E-state index in [1.807, 2.05) is 43.3 Å². The van der Waals surface area contributed by atoms with Gasteiger partial charge in [0.2, 0.25) is 4.77 Å². The second-order valence-corrected chi connectivity index (χ2v) is 6.21. The quantitative estimate of drug-likeness (QED) is 0.487. The smallest absolute Gasteiger partial charge is 0.216 e.